The second-order valence-corrected chi connectivity index (χ2v) is 22.0. The molecule has 0 amide bonds. The van der Waals surface area contributed by atoms with Crippen molar-refractivity contribution in [3.8, 4) is 0 Å². The van der Waals surface area contributed by atoms with Gasteiger partial charge in [-0.3, -0.25) is 14.4 Å². The minimum atomic E-state index is -1.92. The van der Waals surface area contributed by atoms with Crippen LogP contribution in [0, 0.1) is 0 Å². The molecule has 0 radical (unpaired) electrons. The van der Waals surface area contributed by atoms with Gasteiger partial charge in [0.05, 0.1) is 6.61 Å². The number of hydrogen-bond donors (Lipinski definition) is 3. The number of allylic oxidation sites excluding steroid dienone is 18. The van der Waals surface area contributed by atoms with Crippen LogP contribution in [0.3, 0.4) is 0 Å². The molecule has 3 N–H and O–H groups in total. The average molecular weight is 1160 g/mol. The van der Waals surface area contributed by atoms with Gasteiger partial charge in [-0.05, 0) is 128 Å². The number of carboxylic acids is 1. The molecule has 1 aliphatic heterocycles. The van der Waals surface area contributed by atoms with Crippen LogP contribution in [0.1, 0.15) is 265 Å². The topological polar surface area (TPSA) is 175 Å². The van der Waals surface area contributed by atoms with Gasteiger partial charge in [-0.1, -0.05) is 226 Å². The van der Waals surface area contributed by atoms with E-state index in [9.17, 15) is 34.5 Å². The molecule has 1 aliphatic rings. The number of carbonyl (C=O) groups is 4. The summed E-state index contributed by atoms with van der Waals surface area (Å²) in [5.41, 5.74) is 0. The van der Waals surface area contributed by atoms with Crippen molar-refractivity contribution in [2.75, 3.05) is 13.2 Å². The standard InChI is InChI=1S/C71H116O12/c1-4-7-10-13-16-19-22-25-28-30-32-34-37-39-42-45-48-51-54-57-63(72)79-60-62(81-64(73)58-55-52-49-46-43-40-36-27-24-21-18-15-12-9-6-3)61-80-71-69(67(76)66(75)68(83-71)70(77)78)82-65(74)59-56-53-50-47-44-41-38-35-33-31-29-26-23-20-17-14-11-8-5-2/h8,11,16-17,19-20,25-29,32-36,41,44,62,66-69,71,75-76H,4-7,9-10,12-15,18,21-24,30-31,37-40,42-43,45-61H2,1-3H3,(H,77,78)/b11-8-,19-16-,20-17-,28-25-,29-26-,34-32-,35-33-,36-27-,44-41-. The zero-order valence-corrected chi connectivity index (χ0v) is 52.2. The van der Waals surface area contributed by atoms with Gasteiger partial charge in [-0.25, -0.2) is 4.79 Å². The molecular formula is C71H116O12. The number of hydrogen-bond acceptors (Lipinski definition) is 11. The lowest BCUT2D eigenvalue weighted by atomic mass is 9.98. The number of aliphatic hydroxyl groups excluding tert-OH is 2. The predicted octanol–water partition coefficient (Wildman–Crippen LogP) is 17.8. The fraction of sp³-hybridized carbons (Fsp3) is 0.690. The van der Waals surface area contributed by atoms with Crippen LogP contribution in [-0.2, 0) is 42.9 Å². The number of rotatable bonds is 55. The minimum Gasteiger partial charge on any atom is -0.479 e. The van der Waals surface area contributed by atoms with Crippen molar-refractivity contribution in [2.45, 2.75) is 302 Å². The highest BCUT2D eigenvalue weighted by molar-refractivity contribution is 5.74. The van der Waals surface area contributed by atoms with E-state index in [1.54, 1.807) is 0 Å². The summed E-state index contributed by atoms with van der Waals surface area (Å²) in [5, 5.41) is 31.6. The Bertz CT molecular complexity index is 1860. The molecule has 83 heavy (non-hydrogen) atoms. The first-order valence-corrected chi connectivity index (χ1v) is 32.9. The van der Waals surface area contributed by atoms with Crippen LogP contribution in [0.2, 0.25) is 0 Å². The van der Waals surface area contributed by atoms with Crippen LogP contribution in [0.15, 0.2) is 109 Å². The van der Waals surface area contributed by atoms with Crippen molar-refractivity contribution < 1.29 is 58.2 Å². The van der Waals surface area contributed by atoms with Gasteiger partial charge >= 0.3 is 23.9 Å². The second-order valence-electron chi connectivity index (χ2n) is 22.0. The molecule has 6 atom stereocenters. The van der Waals surface area contributed by atoms with Crippen LogP contribution >= 0.6 is 0 Å². The number of esters is 3. The Morgan fingerprint density at radius 1 is 0.410 bits per heavy atom. The summed E-state index contributed by atoms with van der Waals surface area (Å²) in [7, 11) is 0. The third kappa shape index (κ3) is 47.3. The largest absolute Gasteiger partial charge is 0.479 e. The molecule has 1 rings (SSSR count). The van der Waals surface area contributed by atoms with E-state index >= 15 is 0 Å². The molecule has 0 bridgehead atoms. The Balaban J connectivity index is 2.69. The van der Waals surface area contributed by atoms with E-state index in [1.165, 1.54) is 64.2 Å². The molecule has 1 heterocycles. The van der Waals surface area contributed by atoms with Gasteiger partial charge in [0.1, 0.15) is 18.8 Å². The molecule has 1 fully saturated rings. The highest BCUT2D eigenvalue weighted by atomic mass is 16.7. The maximum atomic E-state index is 13.2. The SMILES string of the molecule is CC/C=C\C/C=C\C/C=C\C/C=C\C/C=C\CCCCCC(=O)OC1C(OCC(COC(=O)CCCCCCCC/C=C\C/C=C\C/C=C\CCCCC)OC(=O)CCCCCCC/C=C\CCCCCCCC)OC(C(=O)O)C(O)C1O. The number of ether oxygens (including phenoxy) is 5. The third-order valence-corrected chi connectivity index (χ3v) is 14.3. The number of unbranched alkanes of at least 4 members (excludes halogenated alkanes) is 23. The molecule has 0 aromatic heterocycles. The molecule has 0 aromatic rings. The lowest BCUT2D eigenvalue weighted by Crippen LogP contribution is -2.61. The Hall–Kier alpha value is -4.62. The fourth-order valence-corrected chi connectivity index (χ4v) is 9.28. The summed E-state index contributed by atoms with van der Waals surface area (Å²) in [6, 6.07) is 0. The Labute approximate surface area is 504 Å². The van der Waals surface area contributed by atoms with Gasteiger partial charge in [-0.15, -0.1) is 0 Å². The van der Waals surface area contributed by atoms with Crippen molar-refractivity contribution in [1.29, 1.82) is 0 Å². The van der Waals surface area contributed by atoms with Crippen molar-refractivity contribution >= 4 is 23.9 Å². The monoisotopic (exact) mass is 1160 g/mol. The van der Waals surface area contributed by atoms with Crippen LogP contribution < -0.4 is 0 Å². The Morgan fingerprint density at radius 3 is 1.20 bits per heavy atom. The zero-order valence-electron chi connectivity index (χ0n) is 52.2. The smallest absolute Gasteiger partial charge is 0.335 e. The summed E-state index contributed by atoms with van der Waals surface area (Å²) in [4.78, 5) is 51.4. The summed E-state index contributed by atoms with van der Waals surface area (Å²) < 4.78 is 28.5. The highest BCUT2D eigenvalue weighted by Crippen LogP contribution is 2.26. The molecule has 1 saturated heterocycles. The molecule has 0 aromatic carbocycles. The van der Waals surface area contributed by atoms with Crippen molar-refractivity contribution in [3.05, 3.63) is 109 Å². The van der Waals surface area contributed by atoms with Crippen LogP contribution in [0.5, 0.6) is 0 Å². The average Bonchev–Trinajstić information content (AvgIpc) is 3.60. The summed E-state index contributed by atoms with van der Waals surface area (Å²) in [5.74, 6) is -3.19. The van der Waals surface area contributed by atoms with E-state index in [2.05, 4.69) is 130 Å². The Morgan fingerprint density at radius 2 is 0.759 bits per heavy atom. The maximum Gasteiger partial charge on any atom is 0.335 e. The molecule has 0 saturated carbocycles. The van der Waals surface area contributed by atoms with E-state index in [0.29, 0.717) is 19.3 Å². The molecule has 472 valence electrons. The Kier molecular flexibility index (Phi) is 53.2. The zero-order chi connectivity index (χ0) is 60.3. The maximum absolute atomic E-state index is 13.2. The highest BCUT2D eigenvalue weighted by Gasteiger charge is 2.50. The van der Waals surface area contributed by atoms with E-state index in [0.717, 1.165) is 141 Å². The molecule has 0 aliphatic carbocycles. The molecule has 12 heteroatoms. The van der Waals surface area contributed by atoms with E-state index < -0.39 is 67.3 Å². The van der Waals surface area contributed by atoms with Gasteiger partial charge in [0.25, 0.3) is 0 Å². The van der Waals surface area contributed by atoms with Crippen LogP contribution in [0.4, 0.5) is 0 Å². The number of aliphatic carboxylic acids is 1. The third-order valence-electron chi connectivity index (χ3n) is 14.3. The van der Waals surface area contributed by atoms with E-state index in [1.807, 2.05) is 0 Å². The predicted molar refractivity (Wildman–Crippen MR) is 340 cm³/mol. The summed E-state index contributed by atoms with van der Waals surface area (Å²) >= 11 is 0. The van der Waals surface area contributed by atoms with Crippen LogP contribution in [0.25, 0.3) is 0 Å². The van der Waals surface area contributed by atoms with Gasteiger partial charge in [-0.2, -0.15) is 0 Å². The van der Waals surface area contributed by atoms with Crippen LogP contribution in [-0.4, -0.2) is 89.2 Å². The first-order valence-electron chi connectivity index (χ1n) is 32.9. The fourth-order valence-electron chi connectivity index (χ4n) is 9.28. The van der Waals surface area contributed by atoms with E-state index in [-0.39, 0.29) is 25.9 Å². The number of aliphatic hydroxyl groups is 2. The van der Waals surface area contributed by atoms with Crippen molar-refractivity contribution in [3.63, 3.8) is 0 Å². The molecule has 12 nitrogen and oxygen atoms in total. The summed E-state index contributed by atoms with van der Waals surface area (Å²) in [6.07, 6.45) is 66.1. The number of carboxylic acid groups (broad SMARTS) is 1. The van der Waals surface area contributed by atoms with Crippen molar-refractivity contribution in [1.82, 2.24) is 0 Å². The van der Waals surface area contributed by atoms with Gasteiger partial charge in [0.2, 0.25) is 0 Å². The normalized spacial score (nSPS) is 18.3. The quantitative estimate of drug-likeness (QED) is 0.0228. The lowest BCUT2D eigenvalue weighted by Gasteiger charge is -2.40. The van der Waals surface area contributed by atoms with Crippen molar-refractivity contribution in [2.24, 2.45) is 0 Å². The van der Waals surface area contributed by atoms with E-state index in [4.69, 9.17) is 23.7 Å². The second kappa shape index (κ2) is 57.8. The lowest BCUT2D eigenvalue weighted by molar-refractivity contribution is -0.301. The number of carbonyl (C=O) groups excluding carboxylic acids is 3. The summed E-state index contributed by atoms with van der Waals surface area (Å²) in [6.45, 7) is 5.83. The molecular weight excluding hydrogens is 1040 g/mol. The first-order chi connectivity index (χ1) is 40.6. The first kappa shape index (κ1) is 76.4. The minimum absolute atomic E-state index is 0.0143. The van der Waals surface area contributed by atoms with Gasteiger partial charge < -0.3 is 39.0 Å². The van der Waals surface area contributed by atoms with Gasteiger partial charge in [0.15, 0.2) is 24.6 Å². The molecule has 6 unspecified atom stereocenters. The van der Waals surface area contributed by atoms with Gasteiger partial charge in [0, 0.05) is 19.3 Å². The molecule has 0 spiro atoms.